The molecule has 4 amide bonds. The van der Waals surface area contributed by atoms with E-state index >= 15 is 0 Å². The lowest BCUT2D eigenvalue weighted by molar-refractivity contribution is -0.131. The number of urea groups is 1. The van der Waals surface area contributed by atoms with Crippen LogP contribution < -0.4 is 20.3 Å². The van der Waals surface area contributed by atoms with Gasteiger partial charge in [-0.3, -0.25) is 14.5 Å². The first-order valence-corrected chi connectivity index (χ1v) is 15.8. The van der Waals surface area contributed by atoms with Crippen LogP contribution in [0.15, 0.2) is 72.9 Å². The van der Waals surface area contributed by atoms with E-state index < -0.39 is 12.0 Å². The zero-order valence-electron chi connectivity index (χ0n) is 24.5. The van der Waals surface area contributed by atoms with Gasteiger partial charge in [0.05, 0.1) is 28.5 Å². The van der Waals surface area contributed by atoms with Crippen molar-refractivity contribution in [3.8, 4) is 17.6 Å². The van der Waals surface area contributed by atoms with Gasteiger partial charge in [0.25, 0.3) is 0 Å². The molecule has 0 spiro atoms. The number of benzene rings is 2. The van der Waals surface area contributed by atoms with E-state index in [1.54, 1.807) is 28.1 Å². The van der Waals surface area contributed by atoms with Gasteiger partial charge in [-0.25, -0.2) is 9.78 Å². The Kier molecular flexibility index (Phi) is 7.43. The smallest absolute Gasteiger partial charge is 0.331 e. The number of aromatic nitrogens is 1. The van der Waals surface area contributed by atoms with Crippen molar-refractivity contribution >= 4 is 61.5 Å². The molecule has 11 heteroatoms. The number of likely N-dealkylation sites (tertiary alicyclic amines) is 1. The first-order chi connectivity index (χ1) is 21.9. The third-order valence-electron chi connectivity index (χ3n) is 8.41. The Hall–Kier alpha value is -5.21. The molecular weight excluding hydrogens is 588 g/mol. The zero-order chi connectivity index (χ0) is 31.1. The molecule has 0 bridgehead atoms. The van der Waals surface area contributed by atoms with Crippen LogP contribution in [0.2, 0.25) is 0 Å². The van der Waals surface area contributed by atoms with Crippen LogP contribution in [-0.4, -0.2) is 40.3 Å². The summed E-state index contributed by atoms with van der Waals surface area (Å²) in [7, 11) is 0. The van der Waals surface area contributed by atoms with Crippen LogP contribution in [0.1, 0.15) is 31.2 Å². The van der Waals surface area contributed by atoms with E-state index in [1.165, 1.54) is 11.3 Å². The van der Waals surface area contributed by atoms with Gasteiger partial charge < -0.3 is 20.3 Å². The van der Waals surface area contributed by atoms with Gasteiger partial charge in [-0.1, -0.05) is 35.6 Å². The third-order valence-corrected chi connectivity index (χ3v) is 9.42. The van der Waals surface area contributed by atoms with Crippen molar-refractivity contribution in [2.75, 3.05) is 22.1 Å². The number of allylic oxidation sites excluding steroid dienone is 1. The number of thiophene rings is 1. The molecule has 2 aromatic heterocycles. The Bertz CT molecular complexity index is 1890. The number of pyridine rings is 1. The SMILES string of the molecule is Cc1cc(Oc2ccccc2)ccc1N1C(=O)Nc2c(NC(=O)C3CCN(C(=O)C=CC4CC4)C(C#N)C3)sc3nccc1c23. The number of nitrogens with one attached hydrogen (secondary N) is 2. The lowest BCUT2D eigenvalue weighted by atomic mass is 9.90. The molecule has 3 aliphatic rings. The molecule has 2 aliphatic heterocycles. The molecule has 10 nitrogen and oxygen atoms in total. The van der Waals surface area contributed by atoms with Gasteiger partial charge in [0, 0.05) is 18.7 Å². The van der Waals surface area contributed by atoms with Crippen molar-refractivity contribution in [1.29, 1.82) is 5.26 Å². The lowest BCUT2D eigenvalue weighted by Gasteiger charge is -2.34. The number of ether oxygens (including phenoxy) is 1. The minimum absolute atomic E-state index is 0.180. The summed E-state index contributed by atoms with van der Waals surface area (Å²) in [6.07, 6.45) is 8.02. The van der Waals surface area contributed by atoms with E-state index in [1.807, 2.05) is 61.5 Å². The number of para-hydroxylation sites is 1. The van der Waals surface area contributed by atoms with Crippen molar-refractivity contribution < 1.29 is 19.1 Å². The highest BCUT2D eigenvalue weighted by molar-refractivity contribution is 7.23. The quantitative estimate of drug-likeness (QED) is 0.212. The number of piperidine rings is 1. The number of amides is 4. The fraction of sp³-hybridized carbons (Fsp3) is 0.265. The Morgan fingerprint density at radius 3 is 2.69 bits per heavy atom. The maximum absolute atomic E-state index is 13.6. The Balaban J connectivity index is 1.11. The second-order valence-electron chi connectivity index (χ2n) is 11.5. The van der Waals surface area contributed by atoms with Gasteiger partial charge in [-0.05, 0) is 86.6 Å². The molecule has 2 atom stereocenters. The molecule has 1 aliphatic carbocycles. The van der Waals surface area contributed by atoms with Gasteiger partial charge >= 0.3 is 6.03 Å². The van der Waals surface area contributed by atoms with Crippen LogP contribution >= 0.6 is 11.3 Å². The highest BCUT2D eigenvalue weighted by atomic mass is 32.1. The monoisotopic (exact) mass is 618 g/mol. The largest absolute Gasteiger partial charge is 0.457 e. The molecule has 7 rings (SSSR count). The zero-order valence-corrected chi connectivity index (χ0v) is 25.3. The molecular formula is C34H30N6O4S. The molecule has 226 valence electrons. The number of anilines is 4. The van der Waals surface area contributed by atoms with Gasteiger partial charge in [-0.2, -0.15) is 5.26 Å². The lowest BCUT2D eigenvalue weighted by Crippen LogP contribution is -2.47. The average molecular weight is 619 g/mol. The predicted octanol–water partition coefficient (Wildman–Crippen LogP) is 7.12. The molecule has 45 heavy (non-hydrogen) atoms. The number of hydrogen-bond donors (Lipinski definition) is 2. The minimum atomic E-state index is -0.680. The number of nitriles is 1. The van der Waals surface area contributed by atoms with E-state index in [0.717, 1.165) is 29.5 Å². The van der Waals surface area contributed by atoms with E-state index in [-0.39, 0.29) is 24.3 Å². The van der Waals surface area contributed by atoms with Crippen molar-refractivity contribution in [1.82, 2.24) is 9.88 Å². The fourth-order valence-electron chi connectivity index (χ4n) is 5.89. The number of carbonyl (C=O) groups is 3. The Morgan fingerprint density at radius 2 is 1.93 bits per heavy atom. The van der Waals surface area contributed by atoms with E-state index in [0.29, 0.717) is 51.5 Å². The van der Waals surface area contributed by atoms with Crippen molar-refractivity contribution in [3.63, 3.8) is 0 Å². The molecule has 4 heterocycles. The van der Waals surface area contributed by atoms with E-state index in [9.17, 15) is 19.6 Å². The van der Waals surface area contributed by atoms with Gasteiger partial charge in [0.1, 0.15) is 27.4 Å². The summed E-state index contributed by atoms with van der Waals surface area (Å²) in [4.78, 5) is 48.1. The maximum atomic E-state index is 13.6. The van der Waals surface area contributed by atoms with Gasteiger partial charge in [0.2, 0.25) is 11.8 Å². The van der Waals surface area contributed by atoms with Crippen LogP contribution in [-0.2, 0) is 9.59 Å². The second-order valence-corrected chi connectivity index (χ2v) is 12.5. The van der Waals surface area contributed by atoms with E-state index in [2.05, 4.69) is 21.7 Å². The first-order valence-electron chi connectivity index (χ1n) is 14.9. The summed E-state index contributed by atoms with van der Waals surface area (Å²) in [6, 6.07) is 18.0. The van der Waals surface area contributed by atoms with E-state index in [4.69, 9.17) is 4.74 Å². The van der Waals surface area contributed by atoms with Crippen molar-refractivity contribution in [3.05, 3.63) is 78.5 Å². The van der Waals surface area contributed by atoms with Crippen LogP contribution in [0.4, 0.5) is 26.9 Å². The summed E-state index contributed by atoms with van der Waals surface area (Å²) in [5, 5.41) is 17.0. The number of rotatable bonds is 7. The molecule has 2 aromatic carbocycles. The average Bonchev–Trinajstić information content (AvgIpc) is 3.82. The highest BCUT2D eigenvalue weighted by Gasteiger charge is 2.36. The van der Waals surface area contributed by atoms with Crippen LogP contribution in [0.3, 0.4) is 0 Å². The topological polar surface area (TPSA) is 128 Å². The normalized spacial score (nSPS) is 19.3. The molecule has 1 saturated heterocycles. The molecule has 4 aromatic rings. The first kappa shape index (κ1) is 28.6. The Morgan fingerprint density at radius 1 is 1.11 bits per heavy atom. The maximum Gasteiger partial charge on any atom is 0.331 e. The Labute approximate surface area is 263 Å². The standard InChI is InChI=1S/C34H30N6O4S/c1-20-17-25(44-24-5-3-2-4-6-24)10-11-26(20)40-27-13-15-36-32-29(27)30(37-34(40)43)33(45-32)38-31(42)22-14-16-39(23(18-22)19-35)28(41)12-9-21-7-8-21/h2-6,9-13,15,17,21-23H,7-8,14,16,18H2,1H3,(H,37,43)(H,38,42). The highest BCUT2D eigenvalue weighted by Crippen LogP contribution is 2.49. The summed E-state index contributed by atoms with van der Waals surface area (Å²) in [5.74, 6) is 0.960. The molecule has 0 radical (unpaired) electrons. The van der Waals surface area contributed by atoms with Crippen LogP contribution in [0.25, 0.3) is 10.2 Å². The van der Waals surface area contributed by atoms with Crippen molar-refractivity contribution in [2.45, 2.75) is 38.6 Å². The molecule has 2 unspecified atom stereocenters. The summed E-state index contributed by atoms with van der Waals surface area (Å²) >= 11 is 1.29. The minimum Gasteiger partial charge on any atom is -0.457 e. The van der Waals surface area contributed by atoms with Gasteiger partial charge in [-0.15, -0.1) is 0 Å². The van der Waals surface area contributed by atoms with Crippen molar-refractivity contribution in [2.24, 2.45) is 11.8 Å². The fourth-order valence-corrected chi connectivity index (χ4v) is 6.91. The number of aryl methyl sites for hydroxylation is 1. The third kappa shape index (κ3) is 5.60. The van der Waals surface area contributed by atoms with Crippen LogP contribution in [0, 0.1) is 30.1 Å². The molecule has 2 fully saturated rings. The summed E-state index contributed by atoms with van der Waals surface area (Å²) in [6.45, 7) is 2.25. The number of carbonyl (C=O) groups excluding carboxylic acids is 3. The van der Waals surface area contributed by atoms with Gasteiger partial charge in [0.15, 0.2) is 0 Å². The number of nitrogens with zero attached hydrogens (tertiary/aromatic N) is 4. The molecule has 2 N–H and O–H groups in total. The predicted molar refractivity (Wildman–Crippen MR) is 173 cm³/mol. The summed E-state index contributed by atoms with van der Waals surface area (Å²) < 4.78 is 5.98. The second kappa shape index (κ2) is 11.7. The summed E-state index contributed by atoms with van der Waals surface area (Å²) in [5.41, 5.74) is 2.70. The van der Waals surface area contributed by atoms with Crippen LogP contribution in [0.5, 0.6) is 11.5 Å². The number of hydrogen-bond acceptors (Lipinski definition) is 7. The molecule has 1 saturated carbocycles.